The summed E-state index contributed by atoms with van der Waals surface area (Å²) >= 11 is 8.32. The van der Waals surface area contributed by atoms with Crippen molar-refractivity contribution in [2.45, 2.75) is 70.4 Å². The van der Waals surface area contributed by atoms with Crippen LogP contribution < -0.4 is 0 Å². The molecule has 2 aliphatic rings. The number of fused-ring (bicyclic) bond motifs is 2. The first kappa shape index (κ1) is 20.3. The summed E-state index contributed by atoms with van der Waals surface area (Å²) in [5, 5.41) is 31.7. The normalized spacial score (nSPS) is 32.1. The quantitative estimate of drug-likeness (QED) is 0.705. The Balaban J connectivity index is 1.73. The van der Waals surface area contributed by atoms with E-state index in [1.807, 2.05) is 12.1 Å². The number of hydrogen-bond acceptors (Lipinski definition) is 6. The summed E-state index contributed by atoms with van der Waals surface area (Å²) in [5.74, 6) is -1.49. The summed E-state index contributed by atoms with van der Waals surface area (Å²) in [4.78, 5) is 2.59. The monoisotopic (exact) mass is 424 g/mol. The number of benzene rings is 1. The molecule has 1 unspecified atom stereocenters. The van der Waals surface area contributed by atoms with Gasteiger partial charge < -0.3 is 24.8 Å². The van der Waals surface area contributed by atoms with Crippen LogP contribution in [0.2, 0.25) is 5.02 Å². The minimum absolute atomic E-state index is 0.222. The highest BCUT2D eigenvalue weighted by molar-refractivity contribution is 7.12. The van der Waals surface area contributed by atoms with Gasteiger partial charge in [-0.3, -0.25) is 0 Å². The molecule has 1 saturated heterocycles. The molecule has 0 radical (unpaired) electrons. The van der Waals surface area contributed by atoms with Crippen molar-refractivity contribution in [1.29, 1.82) is 0 Å². The number of thiophene rings is 1. The third kappa shape index (κ3) is 3.12. The maximum absolute atomic E-state index is 10.7. The van der Waals surface area contributed by atoms with Crippen LogP contribution in [0.25, 0.3) is 0 Å². The SMILES string of the molecule is CCc1sc(Cc2cc3c(cc2Cl)CO[C@]32O[C@H](C)[C@@H](O)C(O)[C@H]2O)cc1C. The summed E-state index contributed by atoms with van der Waals surface area (Å²) in [6.07, 6.45) is -2.95. The van der Waals surface area contributed by atoms with Crippen molar-refractivity contribution in [3.05, 3.63) is 55.2 Å². The third-order valence-electron chi connectivity index (χ3n) is 5.75. The van der Waals surface area contributed by atoms with E-state index < -0.39 is 30.2 Å². The van der Waals surface area contributed by atoms with E-state index in [0.717, 1.165) is 17.5 Å². The predicted octanol–water partition coefficient (Wildman–Crippen LogP) is 3.05. The van der Waals surface area contributed by atoms with E-state index in [1.165, 1.54) is 15.3 Å². The minimum Gasteiger partial charge on any atom is -0.388 e. The first-order chi connectivity index (χ1) is 13.3. The topological polar surface area (TPSA) is 79.2 Å². The lowest BCUT2D eigenvalue weighted by Gasteiger charge is -2.45. The molecule has 152 valence electrons. The lowest BCUT2D eigenvalue weighted by Crippen LogP contribution is -2.62. The largest absolute Gasteiger partial charge is 0.388 e. The first-order valence-corrected chi connectivity index (χ1v) is 10.7. The van der Waals surface area contributed by atoms with Gasteiger partial charge in [-0.05, 0) is 55.2 Å². The van der Waals surface area contributed by atoms with Crippen LogP contribution in [-0.4, -0.2) is 39.7 Å². The molecule has 7 heteroatoms. The fraction of sp³-hybridized carbons (Fsp3) is 0.524. The first-order valence-electron chi connectivity index (χ1n) is 9.52. The summed E-state index contributed by atoms with van der Waals surface area (Å²) < 4.78 is 11.8. The maximum Gasteiger partial charge on any atom is 0.225 e. The predicted molar refractivity (Wildman–Crippen MR) is 108 cm³/mol. The molecular weight excluding hydrogens is 400 g/mol. The molecule has 1 spiro atoms. The van der Waals surface area contributed by atoms with Gasteiger partial charge in [0.1, 0.15) is 18.3 Å². The Kier molecular flexibility index (Phi) is 5.33. The molecule has 0 bridgehead atoms. The van der Waals surface area contributed by atoms with Crippen LogP contribution >= 0.6 is 22.9 Å². The molecular formula is C21H25ClO5S. The minimum atomic E-state index is -1.49. The Morgan fingerprint density at radius 2 is 1.96 bits per heavy atom. The average molecular weight is 425 g/mol. The Bertz CT molecular complexity index is 897. The van der Waals surface area contributed by atoms with Gasteiger partial charge in [0.2, 0.25) is 5.79 Å². The second kappa shape index (κ2) is 7.36. The van der Waals surface area contributed by atoms with Crippen LogP contribution in [0.3, 0.4) is 0 Å². The van der Waals surface area contributed by atoms with E-state index in [2.05, 4.69) is 19.9 Å². The van der Waals surface area contributed by atoms with Gasteiger partial charge in [0, 0.05) is 26.8 Å². The van der Waals surface area contributed by atoms with Gasteiger partial charge in [-0.1, -0.05) is 18.5 Å². The van der Waals surface area contributed by atoms with Crippen LogP contribution in [0.5, 0.6) is 0 Å². The van der Waals surface area contributed by atoms with Crippen LogP contribution in [0.15, 0.2) is 18.2 Å². The Morgan fingerprint density at radius 3 is 2.64 bits per heavy atom. The van der Waals surface area contributed by atoms with Crippen molar-refractivity contribution in [1.82, 2.24) is 0 Å². The number of aliphatic hydroxyl groups is 3. The number of halogens is 1. The fourth-order valence-electron chi connectivity index (χ4n) is 4.16. The summed E-state index contributed by atoms with van der Waals surface area (Å²) in [7, 11) is 0. The molecule has 2 aromatic rings. The van der Waals surface area contributed by atoms with E-state index in [9.17, 15) is 15.3 Å². The zero-order chi connectivity index (χ0) is 20.2. The van der Waals surface area contributed by atoms with Crippen LogP contribution in [-0.2, 0) is 34.7 Å². The van der Waals surface area contributed by atoms with E-state index in [0.29, 0.717) is 17.0 Å². The Labute approximate surface area is 173 Å². The Hall–Kier alpha value is -0.990. The zero-order valence-corrected chi connectivity index (χ0v) is 17.7. The highest BCUT2D eigenvalue weighted by Gasteiger charge is 2.57. The molecule has 1 fully saturated rings. The molecule has 3 heterocycles. The molecule has 5 atom stereocenters. The number of aryl methyl sites for hydroxylation is 2. The zero-order valence-electron chi connectivity index (χ0n) is 16.1. The molecule has 1 aromatic heterocycles. The van der Waals surface area contributed by atoms with Crippen molar-refractivity contribution in [2.24, 2.45) is 0 Å². The highest BCUT2D eigenvalue weighted by atomic mass is 35.5. The Morgan fingerprint density at radius 1 is 1.21 bits per heavy atom. The molecule has 0 saturated carbocycles. The van der Waals surface area contributed by atoms with Crippen LogP contribution in [0.4, 0.5) is 0 Å². The molecule has 3 N–H and O–H groups in total. The second-order valence-electron chi connectivity index (χ2n) is 7.66. The number of ether oxygens (including phenoxy) is 2. The molecule has 2 aliphatic heterocycles. The van der Waals surface area contributed by atoms with Crippen LogP contribution in [0, 0.1) is 6.92 Å². The van der Waals surface area contributed by atoms with Gasteiger partial charge in [0.25, 0.3) is 0 Å². The van der Waals surface area contributed by atoms with Crippen molar-refractivity contribution in [3.8, 4) is 0 Å². The maximum atomic E-state index is 10.7. The van der Waals surface area contributed by atoms with Crippen molar-refractivity contribution in [2.75, 3.05) is 0 Å². The third-order valence-corrected chi connectivity index (χ3v) is 7.49. The van der Waals surface area contributed by atoms with Crippen molar-refractivity contribution < 1.29 is 24.8 Å². The summed E-state index contributed by atoms with van der Waals surface area (Å²) in [6, 6.07) is 5.94. The fourth-order valence-corrected chi connectivity index (χ4v) is 5.56. The molecule has 5 nitrogen and oxygen atoms in total. The van der Waals surface area contributed by atoms with Gasteiger partial charge in [0.05, 0.1) is 12.7 Å². The van der Waals surface area contributed by atoms with Gasteiger partial charge in [-0.15, -0.1) is 11.3 Å². The van der Waals surface area contributed by atoms with Gasteiger partial charge in [-0.2, -0.15) is 0 Å². The number of hydrogen-bond donors (Lipinski definition) is 3. The van der Waals surface area contributed by atoms with E-state index in [4.69, 9.17) is 21.1 Å². The summed E-state index contributed by atoms with van der Waals surface area (Å²) in [5.41, 5.74) is 3.69. The highest BCUT2D eigenvalue weighted by Crippen LogP contribution is 2.47. The lowest BCUT2D eigenvalue weighted by molar-refractivity contribution is -0.362. The average Bonchev–Trinajstić information content (AvgIpc) is 3.19. The number of aliphatic hydroxyl groups excluding tert-OH is 3. The molecule has 28 heavy (non-hydrogen) atoms. The standard InChI is InChI=1S/C21H25ClO5S/c1-4-17-10(2)5-14(28-17)6-12-7-15-13(8-16(12)22)9-26-21(15)20(25)19(24)18(23)11(3)27-21/h5,7-8,11,18-20,23-25H,4,6,9H2,1-3H3/t11-,18-,19?,20-,21+/m1/s1. The molecule has 1 aromatic carbocycles. The molecule has 4 rings (SSSR count). The van der Waals surface area contributed by atoms with E-state index in [1.54, 1.807) is 18.3 Å². The van der Waals surface area contributed by atoms with Gasteiger partial charge >= 0.3 is 0 Å². The van der Waals surface area contributed by atoms with Crippen molar-refractivity contribution in [3.63, 3.8) is 0 Å². The smallest absolute Gasteiger partial charge is 0.225 e. The van der Waals surface area contributed by atoms with Crippen LogP contribution in [0.1, 0.15) is 45.9 Å². The molecule has 0 amide bonds. The molecule has 0 aliphatic carbocycles. The number of rotatable bonds is 3. The van der Waals surface area contributed by atoms with Gasteiger partial charge in [-0.25, -0.2) is 0 Å². The van der Waals surface area contributed by atoms with Gasteiger partial charge in [0.15, 0.2) is 0 Å². The summed E-state index contributed by atoms with van der Waals surface area (Å²) in [6.45, 7) is 6.14. The lowest BCUT2D eigenvalue weighted by atomic mass is 9.87. The van der Waals surface area contributed by atoms with E-state index >= 15 is 0 Å². The van der Waals surface area contributed by atoms with Crippen molar-refractivity contribution >= 4 is 22.9 Å². The van der Waals surface area contributed by atoms with E-state index in [-0.39, 0.29) is 6.61 Å². The second-order valence-corrected chi connectivity index (χ2v) is 9.28.